The lowest BCUT2D eigenvalue weighted by atomic mass is 10.0. The maximum absolute atomic E-state index is 13.8. The molecule has 34 heavy (non-hydrogen) atoms. The minimum absolute atomic E-state index is 0.00949. The first-order valence-corrected chi connectivity index (χ1v) is 12.6. The van der Waals surface area contributed by atoms with Gasteiger partial charge in [-0.15, -0.1) is 11.8 Å². The Labute approximate surface area is 210 Å². The van der Waals surface area contributed by atoms with Crippen molar-refractivity contribution in [3.63, 3.8) is 0 Å². The van der Waals surface area contributed by atoms with E-state index in [1.54, 1.807) is 33.4 Å². The van der Waals surface area contributed by atoms with Crippen molar-refractivity contribution in [3.05, 3.63) is 63.3 Å². The highest BCUT2D eigenvalue weighted by Crippen LogP contribution is 2.46. The number of amides is 1. The monoisotopic (exact) mass is 518 g/mol. The molecular weight excluding hydrogens is 498 g/mol. The fourth-order valence-corrected chi connectivity index (χ4v) is 6.45. The molecule has 2 aromatic carbocycles. The molecule has 176 valence electrons. The van der Waals surface area contributed by atoms with Crippen LogP contribution in [0.25, 0.3) is 22.0 Å². The van der Waals surface area contributed by atoms with Crippen LogP contribution in [0.5, 0.6) is 0 Å². The Bertz CT molecular complexity index is 1410. The lowest BCUT2D eigenvalue weighted by molar-refractivity contribution is -0.126. The molecule has 5 rings (SSSR count). The molecule has 6 nitrogen and oxygen atoms in total. The number of hydrogen-bond acceptors (Lipinski definition) is 5. The van der Waals surface area contributed by atoms with E-state index < -0.39 is 5.82 Å². The summed E-state index contributed by atoms with van der Waals surface area (Å²) in [7, 11) is 0. The normalized spacial score (nSPS) is 17.8. The van der Waals surface area contributed by atoms with Crippen LogP contribution < -0.4 is 10.6 Å². The highest BCUT2D eigenvalue weighted by molar-refractivity contribution is 7.99. The molecule has 0 aliphatic carbocycles. The fraction of sp³-hybridized carbons (Fsp3) is 0.292. The molecule has 3 heterocycles. The van der Waals surface area contributed by atoms with Gasteiger partial charge in [0.15, 0.2) is 0 Å². The topological polar surface area (TPSA) is 58.4 Å². The Morgan fingerprint density at radius 1 is 1.24 bits per heavy atom. The number of halogens is 3. The molecule has 0 saturated carbocycles. The molecule has 10 heteroatoms. The third-order valence-corrected chi connectivity index (χ3v) is 7.97. The van der Waals surface area contributed by atoms with Crippen LogP contribution in [0, 0.1) is 5.82 Å². The lowest BCUT2D eigenvalue weighted by Gasteiger charge is -2.40. The molecule has 2 aliphatic rings. The molecule has 0 bridgehead atoms. The summed E-state index contributed by atoms with van der Waals surface area (Å²) in [5.41, 5.74) is 1.85. The summed E-state index contributed by atoms with van der Waals surface area (Å²) >= 11 is 14.5. The summed E-state index contributed by atoms with van der Waals surface area (Å²) in [5, 5.41) is 1.26. The highest BCUT2D eigenvalue weighted by atomic mass is 35.5. The molecule has 0 spiro atoms. The molecule has 1 saturated heterocycles. The minimum atomic E-state index is -0.505. The number of carbonyl (C=O) groups excluding carboxylic acids is 1. The third-order valence-electron chi connectivity index (χ3n) is 6.31. The van der Waals surface area contributed by atoms with E-state index in [2.05, 4.69) is 16.5 Å². The number of thioether (sulfide) groups is 1. The Kier molecular flexibility index (Phi) is 6.08. The average Bonchev–Trinajstić information content (AvgIpc) is 2.82. The van der Waals surface area contributed by atoms with Crippen LogP contribution in [0.15, 0.2) is 46.6 Å². The molecular formula is C24H21Cl2FN4O2S. The van der Waals surface area contributed by atoms with Gasteiger partial charge in [-0.3, -0.25) is 9.36 Å². The second-order valence-corrected chi connectivity index (χ2v) is 10.3. The maximum Gasteiger partial charge on any atom is 0.350 e. The molecule has 1 fully saturated rings. The van der Waals surface area contributed by atoms with E-state index >= 15 is 0 Å². The third kappa shape index (κ3) is 3.78. The largest absolute Gasteiger partial charge is 0.350 e. The predicted molar refractivity (Wildman–Crippen MR) is 136 cm³/mol. The van der Waals surface area contributed by atoms with Gasteiger partial charge in [-0.25, -0.2) is 9.18 Å². The smallest absolute Gasteiger partial charge is 0.350 e. The van der Waals surface area contributed by atoms with E-state index in [9.17, 15) is 14.0 Å². The summed E-state index contributed by atoms with van der Waals surface area (Å²) in [5.74, 6) is 0.627. The molecule has 2 aliphatic heterocycles. The first-order chi connectivity index (χ1) is 16.3. The van der Waals surface area contributed by atoms with Crippen LogP contribution >= 0.6 is 35.0 Å². The van der Waals surface area contributed by atoms with Gasteiger partial charge in [-0.05, 0) is 36.8 Å². The van der Waals surface area contributed by atoms with E-state index in [1.807, 2.05) is 13.0 Å². The van der Waals surface area contributed by atoms with E-state index in [1.165, 1.54) is 12.1 Å². The highest BCUT2D eigenvalue weighted by Gasteiger charge is 2.31. The summed E-state index contributed by atoms with van der Waals surface area (Å²) in [4.78, 5) is 34.3. The molecule has 1 unspecified atom stereocenters. The molecule has 1 aromatic heterocycles. The number of rotatable bonds is 3. The molecule has 1 atom stereocenters. The number of aromatic nitrogens is 2. The summed E-state index contributed by atoms with van der Waals surface area (Å²) in [6.07, 6.45) is 1.32. The summed E-state index contributed by atoms with van der Waals surface area (Å²) in [6.45, 7) is 7.63. The maximum atomic E-state index is 13.8. The van der Waals surface area contributed by atoms with E-state index in [0.717, 1.165) is 21.4 Å². The number of nitrogens with zero attached hydrogens (tertiary/aromatic N) is 4. The fourth-order valence-electron chi connectivity index (χ4n) is 4.69. The Balaban J connectivity index is 1.70. The Hall–Kier alpha value is -2.55. The number of hydrogen-bond donors (Lipinski definition) is 0. The number of anilines is 1. The van der Waals surface area contributed by atoms with Gasteiger partial charge >= 0.3 is 5.69 Å². The zero-order chi connectivity index (χ0) is 24.1. The minimum Gasteiger partial charge on any atom is -0.350 e. The van der Waals surface area contributed by atoms with Gasteiger partial charge in [0.2, 0.25) is 5.91 Å². The number of benzene rings is 2. The zero-order valence-corrected chi connectivity index (χ0v) is 20.7. The second-order valence-electron chi connectivity index (χ2n) is 8.34. The molecule has 3 aromatic rings. The summed E-state index contributed by atoms with van der Waals surface area (Å²) < 4.78 is 15.5. The van der Waals surface area contributed by atoms with Crippen molar-refractivity contribution in [1.29, 1.82) is 0 Å². The number of aryl methyl sites for hydroxylation is 1. The van der Waals surface area contributed by atoms with Crippen molar-refractivity contribution in [2.24, 2.45) is 0 Å². The first-order valence-electron chi connectivity index (χ1n) is 10.8. The molecule has 0 radical (unpaired) electrons. The average molecular weight is 519 g/mol. The van der Waals surface area contributed by atoms with Gasteiger partial charge in [-0.1, -0.05) is 35.8 Å². The van der Waals surface area contributed by atoms with Crippen LogP contribution in [-0.4, -0.2) is 51.8 Å². The van der Waals surface area contributed by atoms with Gasteiger partial charge in [0, 0.05) is 53.8 Å². The summed E-state index contributed by atoms with van der Waals surface area (Å²) in [6, 6.07) is 6.28. The number of piperazine rings is 1. The van der Waals surface area contributed by atoms with Crippen molar-refractivity contribution in [1.82, 2.24) is 14.5 Å². The number of carbonyl (C=O) groups is 1. The van der Waals surface area contributed by atoms with Crippen LogP contribution in [0.4, 0.5) is 10.2 Å². The lowest BCUT2D eigenvalue weighted by Crippen LogP contribution is -2.54. The molecule has 1 amide bonds. The van der Waals surface area contributed by atoms with Crippen molar-refractivity contribution >= 4 is 57.6 Å². The van der Waals surface area contributed by atoms with E-state index in [-0.39, 0.29) is 22.7 Å². The predicted octanol–water partition coefficient (Wildman–Crippen LogP) is 4.84. The quantitative estimate of drug-likeness (QED) is 0.464. The second kappa shape index (κ2) is 8.91. The van der Waals surface area contributed by atoms with Crippen LogP contribution in [-0.2, 0) is 11.3 Å². The van der Waals surface area contributed by atoms with Crippen molar-refractivity contribution in [2.75, 3.05) is 30.3 Å². The van der Waals surface area contributed by atoms with Crippen LogP contribution in [0.1, 0.15) is 6.92 Å². The van der Waals surface area contributed by atoms with Gasteiger partial charge in [0.25, 0.3) is 0 Å². The van der Waals surface area contributed by atoms with Crippen molar-refractivity contribution < 1.29 is 9.18 Å². The van der Waals surface area contributed by atoms with Crippen LogP contribution in [0.3, 0.4) is 0 Å². The SMILES string of the molecule is C=CC(=O)N1CCN(c2nc(=O)n3c4c(c(-c5ccc(F)c(Cl)c5)c(Cl)cc24)SCC3)C(C)C1. The van der Waals surface area contributed by atoms with E-state index in [4.69, 9.17) is 23.2 Å². The van der Waals surface area contributed by atoms with Crippen molar-refractivity contribution in [2.45, 2.75) is 24.4 Å². The van der Waals surface area contributed by atoms with Crippen LogP contribution in [0.2, 0.25) is 10.0 Å². The van der Waals surface area contributed by atoms with Gasteiger partial charge < -0.3 is 9.80 Å². The van der Waals surface area contributed by atoms with Gasteiger partial charge in [0.1, 0.15) is 11.6 Å². The van der Waals surface area contributed by atoms with Crippen molar-refractivity contribution in [3.8, 4) is 11.1 Å². The zero-order valence-electron chi connectivity index (χ0n) is 18.4. The van der Waals surface area contributed by atoms with E-state index in [0.29, 0.717) is 48.3 Å². The Morgan fingerprint density at radius 2 is 2.03 bits per heavy atom. The molecule has 0 N–H and O–H groups in total. The first kappa shape index (κ1) is 23.2. The van der Waals surface area contributed by atoms with Gasteiger partial charge in [-0.2, -0.15) is 4.98 Å². The standard InChI is InChI=1S/C24H21Cl2FN4O2S/c1-3-19(32)29-6-7-30(13(2)12-29)23-15-11-17(26)20(14-4-5-18(27)16(25)10-14)22-21(15)31(8-9-34-22)24(33)28-23/h3-5,10-11,13H,1,6-9,12H2,2H3. The van der Waals surface area contributed by atoms with Gasteiger partial charge in [0.05, 0.1) is 15.6 Å². The Morgan fingerprint density at radius 3 is 2.74 bits per heavy atom.